The molecular weight excluding hydrogens is 1060 g/mol. The van der Waals surface area contributed by atoms with Crippen molar-refractivity contribution < 1.29 is 38.2 Å². The van der Waals surface area contributed by atoms with E-state index in [0.29, 0.717) is 46.6 Å². The molecule has 4 aromatic rings. The van der Waals surface area contributed by atoms with Crippen molar-refractivity contribution in [1.82, 2.24) is 35.6 Å². The molecule has 80 heavy (non-hydrogen) atoms. The van der Waals surface area contributed by atoms with Crippen LogP contribution >= 0.6 is 22.9 Å². The molecular formula is C62H74ClFN8O7S. The normalized spacial score (nSPS) is 23.3. The molecule has 5 amide bonds. The van der Waals surface area contributed by atoms with E-state index in [4.69, 9.17) is 16.3 Å². The van der Waals surface area contributed by atoms with Crippen LogP contribution in [-0.4, -0.2) is 129 Å². The number of carbonyl (C=O) groups excluding carboxylic acids is 5. The molecule has 4 atom stereocenters. The van der Waals surface area contributed by atoms with Crippen LogP contribution in [0.2, 0.25) is 5.02 Å². The highest BCUT2D eigenvalue weighted by atomic mass is 35.5. The summed E-state index contributed by atoms with van der Waals surface area (Å²) in [5.41, 5.74) is 2.52. The van der Waals surface area contributed by atoms with Gasteiger partial charge < -0.3 is 40.5 Å². The van der Waals surface area contributed by atoms with Crippen LogP contribution in [0.3, 0.4) is 0 Å². The lowest BCUT2D eigenvalue weighted by molar-refractivity contribution is -0.164. The monoisotopic (exact) mass is 1130 g/mol. The number of aliphatic hydroxyl groups is 1. The highest BCUT2D eigenvalue weighted by molar-refractivity contribution is 7.13. The number of nitrogens with one attached hydrogen (secondary N) is 3. The van der Waals surface area contributed by atoms with E-state index in [1.165, 1.54) is 16.2 Å². The number of hydrogen-bond donors (Lipinski definition) is 4. The third kappa shape index (κ3) is 12.6. The number of nitriles is 1. The fraction of sp³-hybridized carbons (Fsp3) is 0.532. The quantitative estimate of drug-likeness (QED) is 0.0888. The van der Waals surface area contributed by atoms with Crippen LogP contribution in [-0.2, 0) is 19.2 Å². The van der Waals surface area contributed by atoms with Crippen LogP contribution in [0.1, 0.15) is 139 Å². The van der Waals surface area contributed by atoms with E-state index in [1.54, 1.807) is 44.5 Å². The summed E-state index contributed by atoms with van der Waals surface area (Å²) >= 11 is 7.80. The van der Waals surface area contributed by atoms with E-state index in [-0.39, 0.29) is 72.9 Å². The molecule has 0 radical (unpaired) electrons. The number of rotatable bonds is 14. The van der Waals surface area contributed by atoms with Gasteiger partial charge in [-0.3, -0.25) is 24.0 Å². The van der Waals surface area contributed by atoms with Gasteiger partial charge >= 0.3 is 0 Å². The summed E-state index contributed by atoms with van der Waals surface area (Å²) in [6, 6.07) is 19.4. The van der Waals surface area contributed by atoms with Crippen LogP contribution in [0.25, 0.3) is 10.4 Å². The standard InChI is InChI=1S/C62H74ClFN8O7S/c1-37-51(80-36-66-37)41-17-15-40(16-18-41)48(67-54(76)49-31-45(73)35-72(49)55(77)52(59(2,3)4)68-58(78)62(64)25-26-62)33-50(74)71-29-23-44(24-30-71)70-27-21-39(22-28-70)10-9-38-11-13-42(14-12-38)53(75)69-56-60(5,6)57(61(56,7)8)79-46-20-19-43(34-65)47(63)32-46/h11-20,32,36,39,44-45,48-49,52,56-57,73H,21-31,33,35H2,1-8H3,(H,67,76)(H,68,78)(H,69,75)/t45-,48+,49+,52+,56?,57?/m1/s1. The maximum Gasteiger partial charge on any atom is 0.258 e. The van der Waals surface area contributed by atoms with Gasteiger partial charge in [-0.25, -0.2) is 9.37 Å². The fourth-order valence-electron chi connectivity index (χ4n) is 12.6. The predicted molar refractivity (Wildman–Crippen MR) is 305 cm³/mol. The highest BCUT2D eigenvalue weighted by Gasteiger charge is 2.64. The van der Waals surface area contributed by atoms with E-state index in [2.05, 4.69) is 71.4 Å². The summed E-state index contributed by atoms with van der Waals surface area (Å²) < 4.78 is 21.2. The summed E-state index contributed by atoms with van der Waals surface area (Å²) in [5, 5.41) is 29.4. The third-order valence-corrected chi connectivity index (χ3v) is 18.5. The molecule has 5 aliphatic rings. The van der Waals surface area contributed by atoms with Crippen LogP contribution in [0.4, 0.5) is 4.39 Å². The number of carbonyl (C=O) groups is 5. The summed E-state index contributed by atoms with van der Waals surface area (Å²) in [4.78, 5) is 80.4. The zero-order chi connectivity index (χ0) is 57.5. The molecule has 5 fully saturated rings. The molecule has 424 valence electrons. The molecule has 0 bridgehead atoms. The number of aryl methyl sites for hydroxylation is 1. The summed E-state index contributed by atoms with van der Waals surface area (Å²) in [6.45, 7) is 18.3. The number of β-amino-alcohol motifs (C(OH)–C–C–N with tert-alkyl or cyclic N) is 1. The van der Waals surface area contributed by atoms with Crippen molar-refractivity contribution >= 4 is 52.5 Å². The number of alkyl halides is 1. The van der Waals surface area contributed by atoms with Gasteiger partial charge in [0.25, 0.3) is 11.8 Å². The SMILES string of the molecule is Cc1ncsc1-c1ccc([C@H](CC(=O)N2CCC(N3CCC(C#Cc4ccc(C(=O)NC5C(C)(C)C(Oc6ccc(C#N)c(Cl)c6)C5(C)C)cc4)CC3)CC2)NC(=O)[C@@H]2C[C@@H](O)CN2C(=O)[C@H](NC(=O)C2(F)CC2)C(C)(C)C)cc1. The minimum absolute atomic E-state index is 0.0231. The molecule has 4 N–H and O–H groups in total. The molecule has 15 nitrogen and oxygen atoms in total. The van der Waals surface area contributed by atoms with Gasteiger partial charge in [-0.2, -0.15) is 5.26 Å². The van der Waals surface area contributed by atoms with E-state index < -0.39 is 53.0 Å². The Labute approximate surface area is 478 Å². The van der Waals surface area contributed by atoms with Crippen molar-refractivity contribution in [2.75, 3.05) is 32.7 Å². The molecule has 3 aromatic carbocycles. The predicted octanol–water partition coefficient (Wildman–Crippen LogP) is 8.55. The van der Waals surface area contributed by atoms with Crippen molar-refractivity contribution in [3.05, 3.63) is 105 Å². The van der Waals surface area contributed by atoms with Crippen molar-refractivity contribution in [3.63, 3.8) is 0 Å². The van der Waals surface area contributed by atoms with Gasteiger partial charge in [0.15, 0.2) is 5.67 Å². The Morgan fingerprint density at radius 2 is 1.59 bits per heavy atom. The minimum Gasteiger partial charge on any atom is -0.489 e. The number of likely N-dealkylation sites (tertiary alicyclic amines) is 3. The first-order valence-electron chi connectivity index (χ1n) is 28.0. The second-order valence-corrected chi connectivity index (χ2v) is 26.1. The number of benzene rings is 3. The Hall–Kier alpha value is -6.37. The Kier molecular flexibility index (Phi) is 16.9. The molecule has 3 aliphatic heterocycles. The largest absolute Gasteiger partial charge is 0.489 e. The first kappa shape index (κ1) is 58.3. The average Bonchev–Trinajstić information content (AvgIpc) is 3.84. The van der Waals surface area contributed by atoms with E-state index >= 15 is 0 Å². The third-order valence-electron chi connectivity index (χ3n) is 17.2. The van der Waals surface area contributed by atoms with Gasteiger partial charge in [0.2, 0.25) is 17.7 Å². The van der Waals surface area contributed by atoms with Crippen molar-refractivity contribution in [3.8, 4) is 34.1 Å². The van der Waals surface area contributed by atoms with Crippen molar-refractivity contribution in [2.45, 2.75) is 155 Å². The van der Waals surface area contributed by atoms with Crippen molar-refractivity contribution in [2.24, 2.45) is 22.2 Å². The number of ether oxygens (including phenoxy) is 1. The molecule has 2 aliphatic carbocycles. The average molecular weight is 1130 g/mol. The van der Waals surface area contributed by atoms with Crippen LogP contribution in [0, 0.1) is 52.3 Å². The lowest BCUT2D eigenvalue weighted by atomic mass is 9.49. The zero-order valence-electron chi connectivity index (χ0n) is 47.0. The van der Waals surface area contributed by atoms with Gasteiger partial charge in [0.1, 0.15) is 30.0 Å². The Bertz CT molecular complexity index is 3070. The maximum atomic E-state index is 14.8. The summed E-state index contributed by atoms with van der Waals surface area (Å²) in [6.07, 6.45) is 2.37. The van der Waals surface area contributed by atoms with Gasteiger partial charge in [0.05, 0.1) is 45.2 Å². The second kappa shape index (κ2) is 23.2. The lowest BCUT2D eigenvalue weighted by Crippen LogP contribution is -2.74. The van der Waals surface area contributed by atoms with E-state index in [9.17, 15) is 38.7 Å². The van der Waals surface area contributed by atoms with E-state index in [0.717, 1.165) is 60.5 Å². The van der Waals surface area contributed by atoms with E-state index in [1.807, 2.05) is 60.4 Å². The topological polar surface area (TPSA) is 197 Å². The number of amides is 5. The molecule has 0 unspecified atom stereocenters. The number of aromatic nitrogens is 1. The Balaban J connectivity index is 0.771. The van der Waals surface area contributed by atoms with Gasteiger partial charge in [-0.1, -0.05) is 96.2 Å². The molecule has 9 rings (SSSR count). The first-order valence-corrected chi connectivity index (χ1v) is 29.2. The van der Waals surface area contributed by atoms with Gasteiger partial charge in [0, 0.05) is 72.1 Å². The maximum absolute atomic E-state index is 14.8. The van der Waals surface area contributed by atoms with Gasteiger partial charge in [-0.05, 0) is 111 Å². The molecule has 2 saturated carbocycles. The molecule has 4 heterocycles. The highest BCUT2D eigenvalue weighted by Crippen LogP contribution is 2.56. The number of nitrogens with zero attached hydrogens (tertiary/aromatic N) is 5. The smallest absolute Gasteiger partial charge is 0.258 e. The lowest BCUT2D eigenvalue weighted by Gasteiger charge is -2.63. The first-order chi connectivity index (χ1) is 37.9. The second-order valence-electron chi connectivity index (χ2n) is 24.9. The molecule has 18 heteroatoms. The molecule has 1 aromatic heterocycles. The van der Waals surface area contributed by atoms with Crippen molar-refractivity contribution in [1.29, 1.82) is 5.26 Å². The Morgan fingerprint density at radius 1 is 0.925 bits per heavy atom. The van der Waals surface area contributed by atoms with Crippen LogP contribution in [0.5, 0.6) is 5.75 Å². The fourth-order valence-corrected chi connectivity index (χ4v) is 13.6. The van der Waals surface area contributed by atoms with Crippen LogP contribution in [0.15, 0.2) is 72.2 Å². The van der Waals surface area contributed by atoms with Crippen LogP contribution < -0.4 is 20.7 Å². The number of hydrogen-bond acceptors (Lipinski definition) is 11. The zero-order valence-corrected chi connectivity index (χ0v) is 48.6. The number of piperidine rings is 2. The molecule has 3 saturated heterocycles. The minimum atomic E-state index is -2.01. The Morgan fingerprint density at radius 3 is 2.17 bits per heavy atom. The number of thiazole rings is 1. The summed E-state index contributed by atoms with van der Waals surface area (Å²) in [5.74, 6) is 5.42. The number of halogens is 2. The molecule has 0 spiro atoms. The summed E-state index contributed by atoms with van der Waals surface area (Å²) in [7, 11) is 0. The number of aliphatic hydroxyl groups excluding tert-OH is 1. The van der Waals surface area contributed by atoms with Gasteiger partial charge in [-0.15, -0.1) is 11.3 Å².